The lowest BCUT2D eigenvalue weighted by Gasteiger charge is -2.09. The highest BCUT2D eigenvalue weighted by Gasteiger charge is 2.11. The van der Waals surface area contributed by atoms with E-state index >= 15 is 0 Å². The minimum atomic E-state index is -0.302. The van der Waals surface area contributed by atoms with Gasteiger partial charge in [-0.3, -0.25) is 4.79 Å². The van der Waals surface area contributed by atoms with Gasteiger partial charge in [0, 0.05) is 5.69 Å². The summed E-state index contributed by atoms with van der Waals surface area (Å²) in [6.07, 6.45) is 1.45. The third-order valence-electron chi connectivity index (χ3n) is 2.71. The van der Waals surface area contributed by atoms with Gasteiger partial charge in [-0.1, -0.05) is 30.3 Å². The zero-order valence-corrected chi connectivity index (χ0v) is 10.4. The van der Waals surface area contributed by atoms with E-state index in [1.54, 1.807) is 24.3 Å². The lowest BCUT2D eigenvalue weighted by Crippen LogP contribution is -2.12. The van der Waals surface area contributed by atoms with Gasteiger partial charge in [-0.25, -0.2) is 4.79 Å². The van der Waals surface area contributed by atoms with Crippen molar-refractivity contribution in [1.82, 2.24) is 0 Å². The number of nitrogens with one attached hydrogen (secondary N) is 1. The number of benzene rings is 2. The molecule has 0 aliphatic heterocycles. The molecule has 0 unspecified atom stereocenters. The van der Waals surface area contributed by atoms with Gasteiger partial charge < -0.3 is 5.32 Å². The molecule has 0 spiro atoms. The van der Waals surface area contributed by atoms with Crippen LogP contribution in [-0.2, 0) is 4.79 Å². The summed E-state index contributed by atoms with van der Waals surface area (Å²) in [6.45, 7) is 1.91. The maximum absolute atomic E-state index is 12.2. The van der Waals surface area contributed by atoms with Crippen molar-refractivity contribution in [3.63, 3.8) is 0 Å². The maximum atomic E-state index is 12.2. The van der Waals surface area contributed by atoms with Crippen molar-refractivity contribution in [2.24, 2.45) is 4.99 Å². The number of rotatable bonds is 3. The second-order valence-corrected chi connectivity index (χ2v) is 3.99. The van der Waals surface area contributed by atoms with Crippen molar-refractivity contribution in [2.45, 2.75) is 6.92 Å². The van der Waals surface area contributed by atoms with Gasteiger partial charge in [0.2, 0.25) is 6.08 Å². The van der Waals surface area contributed by atoms with E-state index in [0.29, 0.717) is 11.3 Å². The number of nitrogens with zero attached hydrogens (tertiary/aromatic N) is 1. The summed E-state index contributed by atoms with van der Waals surface area (Å²) < 4.78 is 0. The molecule has 19 heavy (non-hydrogen) atoms. The second kappa shape index (κ2) is 5.76. The van der Waals surface area contributed by atoms with Crippen LogP contribution in [0.5, 0.6) is 0 Å². The molecule has 2 rings (SSSR count). The van der Waals surface area contributed by atoms with E-state index in [9.17, 15) is 9.59 Å². The molecule has 0 heterocycles. The molecule has 4 heteroatoms. The fraction of sp³-hybridized carbons (Fsp3) is 0.0667. The average Bonchev–Trinajstić information content (AvgIpc) is 2.42. The zero-order chi connectivity index (χ0) is 13.7. The molecule has 0 fully saturated rings. The third-order valence-corrected chi connectivity index (χ3v) is 2.71. The molecule has 0 aliphatic rings. The number of hydrogen-bond acceptors (Lipinski definition) is 3. The third kappa shape index (κ3) is 2.94. The van der Waals surface area contributed by atoms with Gasteiger partial charge in [0.05, 0.1) is 11.3 Å². The molecular weight excluding hydrogens is 240 g/mol. The number of anilines is 1. The van der Waals surface area contributed by atoms with Crippen molar-refractivity contribution in [1.29, 1.82) is 0 Å². The summed E-state index contributed by atoms with van der Waals surface area (Å²) in [5, 5.41) is 2.80. The minimum Gasteiger partial charge on any atom is -0.322 e. The molecule has 94 valence electrons. The maximum Gasteiger partial charge on any atom is 0.257 e. The molecule has 0 aliphatic carbocycles. The van der Waals surface area contributed by atoms with Crippen LogP contribution in [-0.4, -0.2) is 12.0 Å². The average molecular weight is 252 g/mol. The number of aliphatic imine (C=N–C) groups is 1. The van der Waals surface area contributed by atoms with Crippen LogP contribution in [0.2, 0.25) is 0 Å². The Labute approximate surface area is 110 Å². The number of isocyanates is 1. The Hall–Kier alpha value is -2.71. The van der Waals surface area contributed by atoms with Gasteiger partial charge in [0.1, 0.15) is 0 Å². The van der Waals surface area contributed by atoms with E-state index in [1.807, 2.05) is 31.2 Å². The Kier molecular flexibility index (Phi) is 3.86. The molecule has 1 N–H and O–H groups in total. The standard InChI is InChI=1S/C15H12N2O2/c1-11-6-2-4-8-13(11)17-15(19)12-7-3-5-9-14(12)16-10-18/h2-9H,1H3,(H,17,19). The first-order valence-corrected chi connectivity index (χ1v) is 5.76. The van der Waals surface area contributed by atoms with Crippen LogP contribution in [0.4, 0.5) is 11.4 Å². The van der Waals surface area contributed by atoms with E-state index in [0.717, 1.165) is 11.3 Å². The number of carbonyl (C=O) groups is 1. The van der Waals surface area contributed by atoms with Gasteiger partial charge in [-0.2, -0.15) is 4.99 Å². The molecule has 4 nitrogen and oxygen atoms in total. The van der Waals surface area contributed by atoms with E-state index in [4.69, 9.17) is 0 Å². The van der Waals surface area contributed by atoms with Crippen molar-refractivity contribution >= 4 is 23.4 Å². The Balaban J connectivity index is 2.31. The topological polar surface area (TPSA) is 58.5 Å². The zero-order valence-electron chi connectivity index (χ0n) is 10.4. The molecule has 0 atom stereocenters. The Morgan fingerprint density at radius 3 is 2.53 bits per heavy atom. The second-order valence-electron chi connectivity index (χ2n) is 3.99. The quantitative estimate of drug-likeness (QED) is 0.673. The minimum absolute atomic E-state index is 0.302. The SMILES string of the molecule is Cc1ccccc1NC(=O)c1ccccc1N=C=O. The van der Waals surface area contributed by atoms with Crippen LogP contribution in [0.15, 0.2) is 53.5 Å². The molecule has 2 aromatic carbocycles. The number of para-hydroxylation sites is 2. The summed E-state index contributed by atoms with van der Waals surface area (Å²) in [4.78, 5) is 26.0. The van der Waals surface area contributed by atoms with Gasteiger partial charge in [-0.05, 0) is 30.7 Å². The number of carbonyl (C=O) groups excluding carboxylic acids is 2. The van der Waals surface area contributed by atoms with E-state index in [1.165, 1.54) is 6.08 Å². The molecule has 1 amide bonds. The smallest absolute Gasteiger partial charge is 0.257 e. The van der Waals surface area contributed by atoms with Crippen LogP contribution in [0.25, 0.3) is 0 Å². The Morgan fingerprint density at radius 2 is 1.79 bits per heavy atom. The monoisotopic (exact) mass is 252 g/mol. The molecule has 0 radical (unpaired) electrons. The van der Waals surface area contributed by atoms with Gasteiger partial charge in [0.15, 0.2) is 0 Å². The van der Waals surface area contributed by atoms with E-state index in [-0.39, 0.29) is 5.91 Å². The predicted molar refractivity (Wildman–Crippen MR) is 73.4 cm³/mol. The Morgan fingerprint density at radius 1 is 1.11 bits per heavy atom. The number of amides is 1. The lowest BCUT2D eigenvalue weighted by molar-refractivity contribution is 0.102. The van der Waals surface area contributed by atoms with Crippen molar-refractivity contribution in [2.75, 3.05) is 5.32 Å². The fourth-order valence-electron chi connectivity index (χ4n) is 1.72. The van der Waals surface area contributed by atoms with Crippen LogP contribution >= 0.6 is 0 Å². The normalized spacial score (nSPS) is 9.53. The summed E-state index contributed by atoms with van der Waals surface area (Å²) >= 11 is 0. The largest absolute Gasteiger partial charge is 0.322 e. The van der Waals surface area contributed by atoms with Crippen LogP contribution in [0.3, 0.4) is 0 Å². The molecule has 0 bridgehead atoms. The van der Waals surface area contributed by atoms with E-state index in [2.05, 4.69) is 10.3 Å². The molecule has 2 aromatic rings. The van der Waals surface area contributed by atoms with Crippen LogP contribution < -0.4 is 5.32 Å². The van der Waals surface area contributed by atoms with Crippen molar-refractivity contribution in [3.05, 3.63) is 59.7 Å². The fourth-order valence-corrected chi connectivity index (χ4v) is 1.72. The summed E-state index contributed by atoms with van der Waals surface area (Å²) in [7, 11) is 0. The highest BCUT2D eigenvalue weighted by molar-refractivity contribution is 6.08. The van der Waals surface area contributed by atoms with Crippen LogP contribution in [0.1, 0.15) is 15.9 Å². The molecular formula is C15H12N2O2. The highest BCUT2D eigenvalue weighted by Crippen LogP contribution is 2.20. The van der Waals surface area contributed by atoms with Gasteiger partial charge in [-0.15, -0.1) is 0 Å². The van der Waals surface area contributed by atoms with E-state index < -0.39 is 0 Å². The van der Waals surface area contributed by atoms with Crippen LogP contribution in [0, 0.1) is 6.92 Å². The van der Waals surface area contributed by atoms with Crippen molar-refractivity contribution < 1.29 is 9.59 Å². The first-order valence-electron chi connectivity index (χ1n) is 5.76. The van der Waals surface area contributed by atoms with Gasteiger partial charge >= 0.3 is 0 Å². The predicted octanol–water partition coefficient (Wildman–Crippen LogP) is 3.21. The highest BCUT2D eigenvalue weighted by atomic mass is 16.1. The molecule has 0 saturated heterocycles. The van der Waals surface area contributed by atoms with Crippen molar-refractivity contribution in [3.8, 4) is 0 Å². The summed E-state index contributed by atoms with van der Waals surface area (Å²) in [6, 6.07) is 14.1. The molecule has 0 saturated carbocycles. The van der Waals surface area contributed by atoms with Gasteiger partial charge in [0.25, 0.3) is 5.91 Å². The molecule has 0 aromatic heterocycles. The Bertz CT molecular complexity index is 659. The first kappa shape index (κ1) is 12.7. The lowest BCUT2D eigenvalue weighted by atomic mass is 10.1. The number of aryl methyl sites for hydroxylation is 1. The first-order chi connectivity index (χ1) is 9.22. The summed E-state index contributed by atoms with van der Waals surface area (Å²) in [5.41, 5.74) is 2.35. The summed E-state index contributed by atoms with van der Waals surface area (Å²) in [5.74, 6) is -0.302. The number of hydrogen-bond donors (Lipinski definition) is 1.